The average molecular weight is 464 g/mol. The van der Waals surface area contributed by atoms with Gasteiger partial charge in [0.2, 0.25) is 0 Å². The predicted octanol–water partition coefficient (Wildman–Crippen LogP) is 4.40. The van der Waals surface area contributed by atoms with E-state index in [4.69, 9.17) is 18.9 Å². The van der Waals surface area contributed by atoms with Gasteiger partial charge in [-0.25, -0.2) is 0 Å². The Bertz CT molecular complexity index is 900. The maximum atomic E-state index is 5.50. The lowest BCUT2D eigenvalue weighted by Crippen LogP contribution is -2.31. The number of benzene rings is 2. The van der Waals surface area contributed by atoms with Crippen LogP contribution in [0.5, 0.6) is 0 Å². The Kier molecular flexibility index (Phi) is 6.87. The maximum absolute atomic E-state index is 5.50. The lowest BCUT2D eigenvalue weighted by molar-refractivity contribution is 0.310. The number of hydrogen-bond acceptors (Lipinski definition) is 5. The van der Waals surface area contributed by atoms with E-state index in [0.29, 0.717) is 24.4 Å². The van der Waals surface area contributed by atoms with Crippen molar-refractivity contribution in [1.82, 2.24) is 0 Å². The quantitative estimate of drug-likeness (QED) is 0.367. The van der Waals surface area contributed by atoms with Gasteiger partial charge in [0.05, 0.1) is 50.8 Å². The van der Waals surface area contributed by atoms with Crippen molar-refractivity contribution < 1.29 is 18.9 Å². The molecule has 4 fully saturated rings. The molecule has 4 aliphatic rings. The summed E-state index contributed by atoms with van der Waals surface area (Å²) in [7, 11) is 0. The van der Waals surface area contributed by atoms with Gasteiger partial charge >= 0.3 is 0 Å². The molecule has 5 nitrogen and oxygen atoms in total. The van der Waals surface area contributed by atoms with Crippen LogP contribution in [0, 0.1) is 5.92 Å². The van der Waals surface area contributed by atoms with E-state index in [1.165, 1.54) is 48.1 Å². The Morgan fingerprint density at radius 2 is 1.18 bits per heavy atom. The van der Waals surface area contributed by atoms with E-state index in [2.05, 4.69) is 53.4 Å². The molecule has 0 amide bonds. The molecule has 2 aromatic rings. The zero-order valence-electron chi connectivity index (χ0n) is 20.1. The highest BCUT2D eigenvalue weighted by atomic mass is 16.6. The summed E-state index contributed by atoms with van der Waals surface area (Å²) in [5, 5.41) is 0. The third-order valence-corrected chi connectivity index (χ3v) is 7.52. The minimum absolute atomic E-state index is 0.390. The Balaban J connectivity index is 0.995. The highest BCUT2D eigenvalue weighted by Crippen LogP contribution is 2.29. The Labute approximate surface area is 203 Å². The molecule has 2 aromatic carbocycles. The minimum Gasteiger partial charge on any atom is -0.373 e. The van der Waals surface area contributed by atoms with E-state index in [9.17, 15) is 0 Å². The molecule has 4 heterocycles. The fraction of sp³-hybridized carbons (Fsp3) is 0.586. The van der Waals surface area contributed by atoms with Crippen LogP contribution in [0.15, 0.2) is 48.5 Å². The number of aryl methyl sites for hydroxylation is 1. The third kappa shape index (κ3) is 7.05. The van der Waals surface area contributed by atoms with E-state index >= 15 is 0 Å². The molecule has 0 aromatic heterocycles. The van der Waals surface area contributed by atoms with Crippen molar-refractivity contribution in [3.63, 3.8) is 0 Å². The van der Waals surface area contributed by atoms with Gasteiger partial charge in [-0.3, -0.25) is 0 Å². The van der Waals surface area contributed by atoms with Gasteiger partial charge in [-0.05, 0) is 73.3 Å². The third-order valence-electron chi connectivity index (χ3n) is 7.52. The van der Waals surface area contributed by atoms with Crippen molar-refractivity contribution in [2.45, 2.75) is 62.9 Å². The van der Waals surface area contributed by atoms with Gasteiger partial charge in [0, 0.05) is 18.8 Å². The van der Waals surface area contributed by atoms with Gasteiger partial charge in [-0.2, -0.15) is 0 Å². The number of anilines is 1. The van der Waals surface area contributed by atoms with Crippen LogP contribution >= 0.6 is 0 Å². The maximum Gasteiger partial charge on any atom is 0.0984 e. The van der Waals surface area contributed by atoms with Crippen molar-refractivity contribution in [2.24, 2.45) is 5.92 Å². The van der Waals surface area contributed by atoms with Gasteiger partial charge < -0.3 is 23.8 Å². The van der Waals surface area contributed by atoms with Crippen molar-refractivity contribution >= 4 is 5.69 Å². The van der Waals surface area contributed by atoms with Crippen LogP contribution in [-0.2, 0) is 31.8 Å². The summed E-state index contributed by atoms with van der Waals surface area (Å²) < 4.78 is 21.8. The summed E-state index contributed by atoms with van der Waals surface area (Å²) in [6.07, 6.45) is 8.94. The summed E-state index contributed by atoms with van der Waals surface area (Å²) in [4.78, 5) is 2.41. The van der Waals surface area contributed by atoms with Gasteiger partial charge in [-0.15, -0.1) is 0 Å². The summed E-state index contributed by atoms with van der Waals surface area (Å²) in [6, 6.07) is 18.3. The molecule has 5 heteroatoms. The highest BCUT2D eigenvalue weighted by Gasteiger charge is 2.31. The zero-order chi connectivity index (χ0) is 22.7. The molecule has 0 spiro atoms. The van der Waals surface area contributed by atoms with Crippen LogP contribution < -0.4 is 4.90 Å². The van der Waals surface area contributed by atoms with Crippen LogP contribution in [-0.4, -0.2) is 63.9 Å². The molecular formula is C29H37NO4. The Morgan fingerprint density at radius 3 is 1.74 bits per heavy atom. The lowest BCUT2D eigenvalue weighted by Gasteiger charge is -2.23. The molecule has 4 saturated heterocycles. The highest BCUT2D eigenvalue weighted by molar-refractivity contribution is 5.49. The topological polar surface area (TPSA) is 53.4 Å². The molecule has 0 radical (unpaired) electrons. The van der Waals surface area contributed by atoms with Crippen LogP contribution in [0.25, 0.3) is 0 Å². The molecule has 0 N–H and O–H groups in total. The Morgan fingerprint density at radius 1 is 0.647 bits per heavy atom. The summed E-state index contributed by atoms with van der Waals surface area (Å²) in [5.74, 6) is 0.757. The summed E-state index contributed by atoms with van der Waals surface area (Å²) in [6.45, 7) is 5.64. The normalized spacial score (nSPS) is 27.3. The van der Waals surface area contributed by atoms with Crippen LogP contribution in [0.1, 0.15) is 42.4 Å². The van der Waals surface area contributed by atoms with E-state index < -0.39 is 0 Å². The van der Waals surface area contributed by atoms with Gasteiger partial charge in [0.25, 0.3) is 0 Å². The molecule has 0 aliphatic carbocycles. The van der Waals surface area contributed by atoms with Crippen LogP contribution in [0.4, 0.5) is 5.69 Å². The second-order valence-corrected chi connectivity index (χ2v) is 10.6. The van der Waals surface area contributed by atoms with E-state index in [1.54, 1.807) is 0 Å². The fourth-order valence-electron chi connectivity index (χ4n) is 4.99. The number of hydrogen-bond donors (Lipinski definition) is 0. The molecule has 34 heavy (non-hydrogen) atoms. The smallest absolute Gasteiger partial charge is 0.0984 e. The number of ether oxygens (including phenoxy) is 4. The molecule has 5 unspecified atom stereocenters. The molecule has 182 valence electrons. The number of epoxide rings is 4. The molecule has 0 bridgehead atoms. The minimum atomic E-state index is 0.390. The van der Waals surface area contributed by atoms with Crippen molar-refractivity contribution in [2.75, 3.05) is 44.4 Å². The number of nitrogens with zero attached hydrogens (tertiary/aromatic N) is 1. The summed E-state index contributed by atoms with van der Waals surface area (Å²) in [5.41, 5.74) is 5.45. The second-order valence-electron chi connectivity index (χ2n) is 10.6. The average Bonchev–Trinajstić information content (AvgIpc) is 3.69. The monoisotopic (exact) mass is 463 g/mol. The first-order valence-electron chi connectivity index (χ1n) is 13.1. The lowest BCUT2D eigenvalue weighted by atomic mass is 9.90. The SMILES string of the molecule is c1cc(Cc2ccc(N(CC3CO3)CC3CO3)cc2)ccc1CCC(CCC1CO1)CC1CO1. The molecular weight excluding hydrogens is 426 g/mol. The summed E-state index contributed by atoms with van der Waals surface area (Å²) >= 11 is 0. The molecule has 4 aliphatic heterocycles. The fourth-order valence-corrected chi connectivity index (χ4v) is 4.99. The second kappa shape index (κ2) is 10.4. The van der Waals surface area contributed by atoms with E-state index in [1.807, 2.05) is 0 Å². The van der Waals surface area contributed by atoms with Gasteiger partial charge in [-0.1, -0.05) is 36.4 Å². The van der Waals surface area contributed by atoms with Gasteiger partial charge in [0.1, 0.15) is 0 Å². The van der Waals surface area contributed by atoms with Crippen LogP contribution in [0.3, 0.4) is 0 Å². The van der Waals surface area contributed by atoms with E-state index in [-0.39, 0.29) is 0 Å². The standard InChI is InChI=1S/C29H37NO4/c1-4-22(5-2-21(1)3-6-24(14-27-18-32-27)9-12-26-17-31-26)13-23-7-10-25(11-8-23)30(15-28-19-33-28)16-29-20-34-29/h1-2,4-5,7-8,10-11,24,26-29H,3,6,9,12-20H2. The first-order chi connectivity index (χ1) is 16.8. The molecule has 6 rings (SSSR count). The van der Waals surface area contributed by atoms with Crippen molar-refractivity contribution in [3.05, 3.63) is 65.2 Å². The first kappa shape index (κ1) is 22.5. The van der Waals surface area contributed by atoms with Crippen molar-refractivity contribution in [3.8, 4) is 0 Å². The van der Waals surface area contributed by atoms with E-state index in [0.717, 1.165) is 58.3 Å². The first-order valence-corrected chi connectivity index (χ1v) is 13.1. The largest absolute Gasteiger partial charge is 0.373 e. The predicted molar refractivity (Wildman–Crippen MR) is 133 cm³/mol. The van der Waals surface area contributed by atoms with Crippen LogP contribution in [0.2, 0.25) is 0 Å². The molecule has 5 atom stereocenters. The zero-order valence-corrected chi connectivity index (χ0v) is 20.1. The molecule has 0 saturated carbocycles. The van der Waals surface area contributed by atoms with Gasteiger partial charge in [0.15, 0.2) is 0 Å². The Hall–Kier alpha value is -1.92. The number of rotatable bonds is 15. The van der Waals surface area contributed by atoms with Crippen molar-refractivity contribution in [1.29, 1.82) is 0 Å².